The summed E-state index contributed by atoms with van der Waals surface area (Å²) in [4.78, 5) is 2.38. The van der Waals surface area contributed by atoms with Gasteiger partial charge in [-0.05, 0) is 19.0 Å². The molecule has 2 rings (SSSR count). The molecule has 1 aliphatic rings. The third kappa shape index (κ3) is 3.28. The number of hydrogen-bond donors (Lipinski definition) is 1. The predicted molar refractivity (Wildman–Crippen MR) is 69.8 cm³/mol. The third-order valence-corrected chi connectivity index (χ3v) is 3.34. The molecule has 1 N–H and O–H groups in total. The van der Waals surface area contributed by atoms with Crippen molar-refractivity contribution >= 4 is 0 Å². The SMILES string of the molecule is CCN1CCNCC1OC(C)c1ccccc1. The highest BCUT2D eigenvalue weighted by molar-refractivity contribution is 5.16. The van der Waals surface area contributed by atoms with E-state index in [1.165, 1.54) is 5.56 Å². The van der Waals surface area contributed by atoms with Crippen molar-refractivity contribution in [2.45, 2.75) is 26.2 Å². The maximum Gasteiger partial charge on any atom is 0.124 e. The summed E-state index contributed by atoms with van der Waals surface area (Å²) in [5.41, 5.74) is 1.24. The number of hydrogen-bond acceptors (Lipinski definition) is 3. The van der Waals surface area contributed by atoms with Gasteiger partial charge >= 0.3 is 0 Å². The molecule has 2 unspecified atom stereocenters. The molecule has 0 spiro atoms. The molecule has 1 fully saturated rings. The summed E-state index contributed by atoms with van der Waals surface area (Å²) in [7, 11) is 0. The van der Waals surface area contributed by atoms with Crippen molar-refractivity contribution in [1.29, 1.82) is 0 Å². The molecule has 3 heteroatoms. The van der Waals surface area contributed by atoms with Gasteiger partial charge in [-0.1, -0.05) is 37.3 Å². The lowest BCUT2D eigenvalue weighted by Gasteiger charge is -2.36. The van der Waals surface area contributed by atoms with Crippen molar-refractivity contribution < 1.29 is 4.74 Å². The molecule has 94 valence electrons. The second-order valence-corrected chi connectivity index (χ2v) is 4.48. The summed E-state index contributed by atoms with van der Waals surface area (Å²) in [5.74, 6) is 0. The predicted octanol–water partition coefficient (Wildman–Crippen LogP) is 2.02. The van der Waals surface area contributed by atoms with Crippen LogP contribution in [0.2, 0.25) is 0 Å². The number of nitrogens with zero attached hydrogens (tertiary/aromatic N) is 1. The Kier molecular flexibility index (Phi) is 4.54. The topological polar surface area (TPSA) is 24.5 Å². The van der Waals surface area contributed by atoms with E-state index in [4.69, 9.17) is 4.74 Å². The molecule has 0 amide bonds. The van der Waals surface area contributed by atoms with E-state index in [0.29, 0.717) is 0 Å². The minimum Gasteiger partial charge on any atom is -0.354 e. The second kappa shape index (κ2) is 6.15. The lowest BCUT2D eigenvalue weighted by molar-refractivity contribution is -0.102. The van der Waals surface area contributed by atoms with E-state index in [2.05, 4.69) is 48.3 Å². The van der Waals surface area contributed by atoms with Crippen molar-refractivity contribution in [1.82, 2.24) is 10.2 Å². The largest absolute Gasteiger partial charge is 0.354 e. The van der Waals surface area contributed by atoms with E-state index in [9.17, 15) is 0 Å². The van der Waals surface area contributed by atoms with Gasteiger partial charge in [0.1, 0.15) is 6.23 Å². The number of ether oxygens (including phenoxy) is 1. The Morgan fingerprint density at radius 1 is 1.41 bits per heavy atom. The molecule has 1 heterocycles. The van der Waals surface area contributed by atoms with E-state index in [1.54, 1.807) is 0 Å². The first-order valence-corrected chi connectivity index (χ1v) is 6.46. The molecule has 1 aromatic rings. The van der Waals surface area contributed by atoms with E-state index in [1.807, 2.05) is 6.07 Å². The molecule has 3 nitrogen and oxygen atoms in total. The lowest BCUT2D eigenvalue weighted by atomic mass is 10.1. The highest BCUT2D eigenvalue weighted by Crippen LogP contribution is 2.19. The van der Waals surface area contributed by atoms with Crippen LogP contribution in [-0.2, 0) is 4.74 Å². The zero-order valence-electron chi connectivity index (χ0n) is 10.7. The average Bonchev–Trinajstić information content (AvgIpc) is 2.40. The quantitative estimate of drug-likeness (QED) is 0.862. The van der Waals surface area contributed by atoms with Gasteiger partial charge in [-0.25, -0.2) is 0 Å². The van der Waals surface area contributed by atoms with Crippen LogP contribution >= 0.6 is 0 Å². The summed E-state index contributed by atoms with van der Waals surface area (Å²) in [6.07, 6.45) is 0.346. The lowest BCUT2D eigenvalue weighted by Crippen LogP contribution is -2.52. The van der Waals surface area contributed by atoms with Crippen molar-refractivity contribution in [3.63, 3.8) is 0 Å². The fourth-order valence-corrected chi connectivity index (χ4v) is 2.26. The van der Waals surface area contributed by atoms with E-state index in [-0.39, 0.29) is 12.3 Å². The number of benzene rings is 1. The highest BCUT2D eigenvalue weighted by Gasteiger charge is 2.23. The smallest absolute Gasteiger partial charge is 0.124 e. The van der Waals surface area contributed by atoms with Gasteiger partial charge in [0, 0.05) is 19.6 Å². The van der Waals surface area contributed by atoms with Crippen LogP contribution in [0, 0.1) is 0 Å². The van der Waals surface area contributed by atoms with Crippen molar-refractivity contribution in [3.05, 3.63) is 35.9 Å². The Balaban J connectivity index is 1.95. The number of rotatable bonds is 4. The zero-order valence-corrected chi connectivity index (χ0v) is 10.7. The first kappa shape index (κ1) is 12.6. The maximum absolute atomic E-state index is 6.14. The van der Waals surface area contributed by atoms with Gasteiger partial charge in [-0.15, -0.1) is 0 Å². The number of likely N-dealkylation sites (N-methyl/N-ethyl adjacent to an activating group) is 1. The number of piperazine rings is 1. The molecule has 0 saturated carbocycles. The second-order valence-electron chi connectivity index (χ2n) is 4.48. The van der Waals surface area contributed by atoms with Gasteiger partial charge in [0.2, 0.25) is 0 Å². The Bertz CT molecular complexity index is 328. The maximum atomic E-state index is 6.14. The van der Waals surface area contributed by atoms with Gasteiger partial charge in [-0.3, -0.25) is 4.90 Å². The summed E-state index contributed by atoms with van der Waals surface area (Å²) in [5, 5.41) is 3.39. The standard InChI is InChI=1S/C14H22N2O/c1-3-16-10-9-15-11-14(16)17-12(2)13-7-5-4-6-8-13/h4-8,12,14-15H,3,9-11H2,1-2H3. The van der Waals surface area contributed by atoms with Crippen LogP contribution in [0.3, 0.4) is 0 Å². The van der Waals surface area contributed by atoms with Crippen molar-refractivity contribution in [2.24, 2.45) is 0 Å². The van der Waals surface area contributed by atoms with Gasteiger partial charge in [-0.2, -0.15) is 0 Å². The summed E-state index contributed by atoms with van der Waals surface area (Å²) >= 11 is 0. The van der Waals surface area contributed by atoms with E-state index in [0.717, 1.165) is 26.2 Å². The third-order valence-electron chi connectivity index (χ3n) is 3.34. The minimum absolute atomic E-state index is 0.148. The van der Waals surface area contributed by atoms with Gasteiger partial charge in [0.05, 0.1) is 6.10 Å². The molecule has 1 aliphatic heterocycles. The monoisotopic (exact) mass is 234 g/mol. The average molecular weight is 234 g/mol. The fourth-order valence-electron chi connectivity index (χ4n) is 2.26. The molecule has 0 aromatic heterocycles. The summed E-state index contributed by atoms with van der Waals surface area (Å²) in [6, 6.07) is 10.4. The molecule has 1 aromatic carbocycles. The number of nitrogens with one attached hydrogen (secondary N) is 1. The van der Waals surface area contributed by atoms with Crippen molar-refractivity contribution in [3.8, 4) is 0 Å². The molecule has 17 heavy (non-hydrogen) atoms. The Morgan fingerprint density at radius 2 is 2.18 bits per heavy atom. The van der Waals surface area contributed by atoms with E-state index >= 15 is 0 Å². The molecule has 0 bridgehead atoms. The van der Waals surface area contributed by atoms with Gasteiger partial charge < -0.3 is 10.1 Å². The normalized spacial score (nSPS) is 23.5. The van der Waals surface area contributed by atoms with Crippen LogP contribution in [-0.4, -0.2) is 37.3 Å². The van der Waals surface area contributed by atoms with Crippen LogP contribution in [0.5, 0.6) is 0 Å². The molecule has 0 aliphatic carbocycles. The Morgan fingerprint density at radius 3 is 2.88 bits per heavy atom. The summed E-state index contributed by atoms with van der Waals surface area (Å²) in [6.45, 7) is 8.42. The van der Waals surface area contributed by atoms with Gasteiger partial charge in [0.25, 0.3) is 0 Å². The Hall–Kier alpha value is -0.900. The minimum atomic E-state index is 0.148. The Labute approximate surface area is 104 Å². The van der Waals surface area contributed by atoms with Gasteiger partial charge in [0.15, 0.2) is 0 Å². The first-order chi connectivity index (χ1) is 8.31. The summed E-state index contributed by atoms with van der Waals surface area (Å²) < 4.78 is 6.14. The fraction of sp³-hybridized carbons (Fsp3) is 0.571. The highest BCUT2D eigenvalue weighted by atomic mass is 16.5. The van der Waals surface area contributed by atoms with Crippen LogP contribution < -0.4 is 5.32 Å². The zero-order chi connectivity index (χ0) is 12.1. The van der Waals surface area contributed by atoms with E-state index < -0.39 is 0 Å². The van der Waals surface area contributed by atoms with Crippen LogP contribution in [0.15, 0.2) is 30.3 Å². The molecule has 1 saturated heterocycles. The first-order valence-electron chi connectivity index (χ1n) is 6.46. The van der Waals surface area contributed by atoms with Crippen LogP contribution in [0.1, 0.15) is 25.5 Å². The molecule has 0 radical (unpaired) electrons. The van der Waals surface area contributed by atoms with Crippen LogP contribution in [0.25, 0.3) is 0 Å². The molecular weight excluding hydrogens is 212 g/mol. The molecule has 2 atom stereocenters. The molecular formula is C14H22N2O. The van der Waals surface area contributed by atoms with Crippen molar-refractivity contribution in [2.75, 3.05) is 26.2 Å². The van der Waals surface area contributed by atoms with Crippen LogP contribution in [0.4, 0.5) is 0 Å².